The van der Waals surface area contributed by atoms with E-state index in [1.54, 1.807) is 13.2 Å². The molecular weight excluding hydrogens is 462 g/mol. The topological polar surface area (TPSA) is 80.2 Å². The molecule has 0 bridgehead atoms. The summed E-state index contributed by atoms with van der Waals surface area (Å²) in [6.07, 6.45) is -0.139. The third-order valence-electron chi connectivity index (χ3n) is 5.65. The number of ether oxygens (including phenoxy) is 2. The van der Waals surface area contributed by atoms with E-state index in [1.807, 2.05) is 80.5 Å². The number of aryl methyl sites for hydroxylation is 1. The second kappa shape index (κ2) is 10.4. The lowest BCUT2D eigenvalue weighted by molar-refractivity contribution is -0.143. The summed E-state index contributed by atoms with van der Waals surface area (Å²) < 4.78 is 10.8. The minimum Gasteiger partial charge on any atom is -0.497 e. The number of hydrogen-bond donors (Lipinski definition) is 1. The number of rotatable bonds is 7. The molecule has 2 aliphatic heterocycles. The maximum atomic E-state index is 13.2. The molecule has 2 aromatic carbocycles. The van der Waals surface area contributed by atoms with Crippen molar-refractivity contribution in [3.8, 4) is 5.75 Å². The van der Waals surface area contributed by atoms with Gasteiger partial charge in [-0.3, -0.25) is 4.79 Å². The van der Waals surface area contributed by atoms with Crippen molar-refractivity contribution in [2.24, 2.45) is 4.99 Å². The van der Waals surface area contributed by atoms with E-state index in [9.17, 15) is 9.59 Å². The first kappa shape index (κ1) is 24.6. The van der Waals surface area contributed by atoms with Gasteiger partial charge >= 0.3 is 5.97 Å². The Morgan fingerprint density at radius 1 is 1.14 bits per heavy atom. The minimum absolute atomic E-state index is 0.122. The monoisotopic (exact) mass is 491 g/mol. The molecule has 2 heterocycles. The highest BCUT2D eigenvalue weighted by Crippen LogP contribution is 2.45. The average Bonchev–Trinajstić information content (AvgIpc) is 3.20. The van der Waals surface area contributed by atoms with Gasteiger partial charge < -0.3 is 19.7 Å². The number of anilines is 1. The fourth-order valence-corrected chi connectivity index (χ4v) is 5.01. The van der Waals surface area contributed by atoms with Gasteiger partial charge in [-0.2, -0.15) is 0 Å². The molecule has 35 heavy (non-hydrogen) atoms. The van der Waals surface area contributed by atoms with Crippen LogP contribution in [0.15, 0.2) is 75.9 Å². The second-order valence-electron chi connectivity index (χ2n) is 8.71. The molecule has 1 atom stereocenters. The van der Waals surface area contributed by atoms with Crippen molar-refractivity contribution in [3.05, 3.63) is 82.0 Å². The molecule has 1 amide bonds. The molecule has 1 N–H and O–H groups in total. The summed E-state index contributed by atoms with van der Waals surface area (Å²) in [4.78, 5) is 32.9. The molecule has 1 unspecified atom stereocenters. The maximum Gasteiger partial charge on any atom is 0.338 e. The lowest BCUT2D eigenvalue weighted by Gasteiger charge is -2.36. The van der Waals surface area contributed by atoms with Gasteiger partial charge in [-0.1, -0.05) is 47.7 Å². The largest absolute Gasteiger partial charge is 0.497 e. The molecule has 0 spiro atoms. The Hall–Kier alpha value is -3.52. The number of hydrogen-bond acceptors (Lipinski definition) is 7. The van der Waals surface area contributed by atoms with Gasteiger partial charge in [-0.15, -0.1) is 0 Å². The quantitative estimate of drug-likeness (QED) is 0.511. The van der Waals surface area contributed by atoms with E-state index in [0.717, 1.165) is 22.0 Å². The van der Waals surface area contributed by atoms with Gasteiger partial charge in [0.05, 0.1) is 36.9 Å². The van der Waals surface area contributed by atoms with Gasteiger partial charge in [0.2, 0.25) is 5.91 Å². The van der Waals surface area contributed by atoms with Gasteiger partial charge in [0.25, 0.3) is 0 Å². The van der Waals surface area contributed by atoms with Crippen LogP contribution in [-0.2, 0) is 14.3 Å². The number of methoxy groups -OCH3 is 1. The molecule has 182 valence electrons. The predicted octanol–water partition coefficient (Wildman–Crippen LogP) is 5.56. The SMILES string of the molecule is COc1cccc(NC(=O)CC2=CSC3=NC(C)=C(C(=O)OC(C)C)C(c4ccc(C)cc4)N23)c1. The van der Waals surface area contributed by atoms with Crippen LogP contribution in [0.25, 0.3) is 0 Å². The number of aliphatic imine (C=N–C) groups is 1. The highest BCUT2D eigenvalue weighted by Gasteiger charge is 2.41. The number of nitrogens with one attached hydrogen (secondary N) is 1. The Morgan fingerprint density at radius 2 is 1.89 bits per heavy atom. The van der Waals surface area contributed by atoms with Crippen molar-refractivity contribution in [1.29, 1.82) is 0 Å². The van der Waals surface area contributed by atoms with Crippen molar-refractivity contribution >= 4 is 34.5 Å². The number of carbonyl (C=O) groups excluding carboxylic acids is 2. The van der Waals surface area contributed by atoms with Crippen molar-refractivity contribution in [2.75, 3.05) is 12.4 Å². The molecule has 2 aromatic rings. The van der Waals surface area contributed by atoms with Gasteiger partial charge in [0, 0.05) is 17.5 Å². The first-order valence-electron chi connectivity index (χ1n) is 11.4. The molecule has 8 heteroatoms. The number of amides is 1. The van der Waals surface area contributed by atoms with E-state index in [-0.39, 0.29) is 18.4 Å². The zero-order chi connectivity index (χ0) is 25.1. The number of fused-ring (bicyclic) bond motifs is 1. The zero-order valence-corrected chi connectivity index (χ0v) is 21.3. The highest BCUT2D eigenvalue weighted by atomic mass is 32.2. The van der Waals surface area contributed by atoms with E-state index in [1.165, 1.54) is 11.8 Å². The maximum absolute atomic E-state index is 13.2. The molecule has 0 radical (unpaired) electrons. The summed E-state index contributed by atoms with van der Waals surface area (Å²) in [5, 5.41) is 5.59. The molecule has 7 nitrogen and oxygen atoms in total. The summed E-state index contributed by atoms with van der Waals surface area (Å²) >= 11 is 1.45. The number of nitrogens with zero attached hydrogens (tertiary/aromatic N) is 2. The number of carbonyl (C=O) groups is 2. The van der Waals surface area contributed by atoms with Crippen molar-refractivity contribution in [3.63, 3.8) is 0 Å². The van der Waals surface area contributed by atoms with Gasteiger partial charge in [-0.25, -0.2) is 9.79 Å². The Kier molecular flexibility index (Phi) is 7.31. The van der Waals surface area contributed by atoms with Crippen LogP contribution in [-0.4, -0.2) is 35.2 Å². The van der Waals surface area contributed by atoms with Crippen LogP contribution in [0.5, 0.6) is 5.75 Å². The van der Waals surface area contributed by atoms with E-state index in [4.69, 9.17) is 14.5 Å². The number of thioether (sulfide) groups is 1. The van der Waals surface area contributed by atoms with Crippen molar-refractivity contribution in [1.82, 2.24) is 4.90 Å². The van der Waals surface area contributed by atoms with Gasteiger partial charge in [0.1, 0.15) is 5.75 Å². The highest BCUT2D eigenvalue weighted by molar-refractivity contribution is 8.16. The van der Waals surface area contributed by atoms with Crippen LogP contribution < -0.4 is 10.1 Å². The zero-order valence-electron chi connectivity index (χ0n) is 20.5. The third-order valence-corrected chi connectivity index (χ3v) is 6.54. The van der Waals surface area contributed by atoms with Gasteiger partial charge in [-0.05, 0) is 50.8 Å². The van der Waals surface area contributed by atoms with Crippen LogP contribution in [0.2, 0.25) is 0 Å². The number of esters is 1. The van der Waals surface area contributed by atoms with Crippen LogP contribution in [0.1, 0.15) is 44.4 Å². The first-order chi connectivity index (χ1) is 16.8. The standard InChI is InChI=1S/C27H29N3O4S/c1-16(2)34-26(32)24-18(4)28-27-30(25(24)19-11-9-17(3)10-12-19)21(15-35-27)14-23(31)29-20-7-6-8-22(13-20)33-5/h6-13,15-16,25H,14H2,1-5H3,(H,29,31). The minimum atomic E-state index is -0.444. The van der Waals surface area contributed by atoms with E-state index in [0.29, 0.717) is 22.7 Å². The summed E-state index contributed by atoms with van der Waals surface area (Å²) in [6, 6.07) is 14.8. The molecule has 4 rings (SSSR count). The van der Waals surface area contributed by atoms with E-state index in [2.05, 4.69) is 5.32 Å². The molecule has 0 saturated heterocycles. The van der Waals surface area contributed by atoms with Crippen LogP contribution in [0.4, 0.5) is 5.69 Å². The van der Waals surface area contributed by atoms with E-state index < -0.39 is 12.0 Å². The summed E-state index contributed by atoms with van der Waals surface area (Å²) in [6.45, 7) is 7.50. The lowest BCUT2D eigenvalue weighted by Crippen LogP contribution is -2.37. The van der Waals surface area contributed by atoms with E-state index >= 15 is 0 Å². The predicted molar refractivity (Wildman–Crippen MR) is 139 cm³/mol. The first-order valence-corrected chi connectivity index (χ1v) is 12.3. The van der Waals surface area contributed by atoms with Gasteiger partial charge in [0.15, 0.2) is 5.17 Å². The van der Waals surface area contributed by atoms with Crippen LogP contribution in [0.3, 0.4) is 0 Å². The number of allylic oxidation sites excluding steroid dienone is 1. The lowest BCUT2D eigenvalue weighted by atomic mass is 9.93. The molecule has 0 saturated carbocycles. The van der Waals surface area contributed by atoms with Crippen LogP contribution >= 0.6 is 11.8 Å². The number of benzene rings is 2. The Bertz CT molecular complexity index is 1230. The fraction of sp³-hybridized carbons (Fsp3) is 0.296. The third kappa shape index (κ3) is 5.43. The average molecular weight is 492 g/mol. The fourth-order valence-electron chi connectivity index (χ4n) is 4.04. The summed E-state index contributed by atoms with van der Waals surface area (Å²) in [5.41, 5.74) is 4.57. The molecule has 0 aromatic heterocycles. The van der Waals surface area contributed by atoms with Crippen molar-refractivity contribution < 1.29 is 19.1 Å². The smallest absolute Gasteiger partial charge is 0.338 e. The second-order valence-corrected chi connectivity index (χ2v) is 9.55. The summed E-state index contributed by atoms with van der Waals surface area (Å²) in [5.74, 6) is 0.0896. The molecule has 2 aliphatic rings. The van der Waals surface area contributed by atoms with Crippen molar-refractivity contribution in [2.45, 2.75) is 46.3 Å². The molecule has 0 aliphatic carbocycles. The molecular formula is C27H29N3O4S. The Morgan fingerprint density at radius 3 is 2.57 bits per heavy atom. The molecule has 0 fully saturated rings. The Labute approximate surface area is 209 Å². The number of amidine groups is 1. The summed E-state index contributed by atoms with van der Waals surface area (Å²) in [7, 11) is 1.58. The van der Waals surface area contributed by atoms with Crippen LogP contribution in [0, 0.1) is 6.92 Å². The normalized spacial score (nSPS) is 17.1. The Balaban J connectivity index is 1.65.